The average Bonchev–Trinajstić information content (AvgIpc) is 2.65. The number of aliphatic hydroxyl groups excluding tert-OH is 1. The largest absolute Gasteiger partial charge is 0.378 e. The van der Waals surface area contributed by atoms with Crippen molar-refractivity contribution in [2.45, 2.75) is 15.9 Å². The number of nitrogens with one attached hydrogen (secondary N) is 1. The van der Waals surface area contributed by atoms with E-state index in [4.69, 9.17) is 11.6 Å². The number of carbonyl (C=O) groups is 1. The van der Waals surface area contributed by atoms with E-state index in [1.54, 1.807) is 17.8 Å². The zero-order chi connectivity index (χ0) is 13.4. The first-order valence-electron chi connectivity index (χ1n) is 5.70. The van der Waals surface area contributed by atoms with Gasteiger partial charge in [-0.1, -0.05) is 35.5 Å². The van der Waals surface area contributed by atoms with Gasteiger partial charge in [0.05, 0.1) is 0 Å². The monoisotopic (exact) mass is 291 g/mol. The van der Waals surface area contributed by atoms with E-state index in [0.717, 1.165) is 9.79 Å². The molecule has 5 heteroatoms. The molecule has 19 heavy (non-hydrogen) atoms. The van der Waals surface area contributed by atoms with Gasteiger partial charge in [-0.2, -0.15) is 0 Å². The summed E-state index contributed by atoms with van der Waals surface area (Å²) in [5.74, 6) is -0.375. The molecule has 1 heterocycles. The maximum absolute atomic E-state index is 11.4. The molecule has 2 N–H and O–H groups in total. The van der Waals surface area contributed by atoms with Crippen LogP contribution in [0.4, 0.5) is 5.69 Å². The molecule has 0 saturated heterocycles. The highest BCUT2D eigenvalue weighted by molar-refractivity contribution is 7.99. The summed E-state index contributed by atoms with van der Waals surface area (Å²) in [6, 6.07) is 13.1. The molecule has 2 aromatic carbocycles. The van der Waals surface area contributed by atoms with Crippen LogP contribution < -0.4 is 5.32 Å². The fourth-order valence-electron chi connectivity index (χ4n) is 1.95. The van der Waals surface area contributed by atoms with Crippen LogP contribution in [0.3, 0.4) is 0 Å². The van der Waals surface area contributed by atoms with Crippen molar-refractivity contribution in [3.8, 4) is 0 Å². The topological polar surface area (TPSA) is 49.3 Å². The van der Waals surface area contributed by atoms with Crippen LogP contribution in [0.25, 0.3) is 0 Å². The Hall–Kier alpha value is -1.49. The molecule has 0 fully saturated rings. The van der Waals surface area contributed by atoms with Crippen LogP contribution in [0.15, 0.2) is 52.3 Å². The molecule has 1 aliphatic heterocycles. The molecular weight excluding hydrogens is 282 g/mol. The van der Waals surface area contributed by atoms with Crippen LogP contribution in [0.1, 0.15) is 11.7 Å². The van der Waals surface area contributed by atoms with Crippen LogP contribution in [0.5, 0.6) is 0 Å². The molecule has 0 aliphatic carbocycles. The van der Waals surface area contributed by atoms with Crippen LogP contribution in [-0.2, 0) is 4.79 Å². The van der Waals surface area contributed by atoms with Gasteiger partial charge < -0.3 is 10.4 Å². The predicted molar refractivity (Wildman–Crippen MR) is 75.6 cm³/mol. The van der Waals surface area contributed by atoms with Gasteiger partial charge in [0.25, 0.3) is 5.91 Å². The maximum Gasteiger partial charge on any atom is 0.257 e. The zero-order valence-corrected chi connectivity index (χ0v) is 11.3. The van der Waals surface area contributed by atoms with Gasteiger partial charge in [-0.25, -0.2) is 0 Å². The van der Waals surface area contributed by atoms with E-state index in [1.807, 2.05) is 36.4 Å². The van der Waals surface area contributed by atoms with Gasteiger partial charge in [0.2, 0.25) is 0 Å². The number of amides is 1. The Morgan fingerprint density at radius 3 is 2.74 bits per heavy atom. The Morgan fingerprint density at radius 2 is 1.95 bits per heavy atom. The lowest BCUT2D eigenvalue weighted by Gasteiger charge is -2.05. The van der Waals surface area contributed by atoms with E-state index in [0.29, 0.717) is 16.3 Å². The van der Waals surface area contributed by atoms with Crippen molar-refractivity contribution < 1.29 is 9.90 Å². The number of fused-ring (bicyclic) bond motifs is 1. The number of halogens is 1. The smallest absolute Gasteiger partial charge is 0.257 e. The van der Waals surface area contributed by atoms with Crippen LogP contribution in [-0.4, -0.2) is 11.0 Å². The summed E-state index contributed by atoms with van der Waals surface area (Å²) in [5.41, 5.74) is 1.30. The van der Waals surface area contributed by atoms with Crippen molar-refractivity contribution in [3.63, 3.8) is 0 Å². The van der Waals surface area contributed by atoms with Gasteiger partial charge in [-0.3, -0.25) is 4.79 Å². The third-order valence-corrected chi connectivity index (χ3v) is 4.07. The number of rotatable bonds is 2. The van der Waals surface area contributed by atoms with Crippen LogP contribution >= 0.6 is 23.4 Å². The highest BCUT2D eigenvalue weighted by Gasteiger charge is 2.28. The second kappa shape index (κ2) is 4.89. The first-order valence-corrected chi connectivity index (χ1v) is 6.89. The average molecular weight is 292 g/mol. The fourth-order valence-corrected chi connectivity index (χ4v) is 3.13. The predicted octanol–water partition coefficient (Wildman–Crippen LogP) is 3.48. The molecule has 0 saturated carbocycles. The molecule has 96 valence electrons. The van der Waals surface area contributed by atoms with E-state index in [1.165, 1.54) is 0 Å². The highest BCUT2D eigenvalue weighted by Crippen LogP contribution is 2.36. The molecular formula is C14H10ClNO2S. The van der Waals surface area contributed by atoms with Gasteiger partial charge in [-0.05, 0) is 30.3 Å². The molecule has 1 aliphatic rings. The summed E-state index contributed by atoms with van der Waals surface area (Å²) >= 11 is 7.49. The first kappa shape index (κ1) is 12.5. The van der Waals surface area contributed by atoms with Gasteiger partial charge in [-0.15, -0.1) is 0 Å². The van der Waals surface area contributed by atoms with Crippen molar-refractivity contribution in [1.29, 1.82) is 0 Å². The lowest BCUT2D eigenvalue weighted by molar-refractivity contribution is -0.123. The molecule has 1 amide bonds. The SMILES string of the molecule is O=C1Nc2cc(Sc3cccc(Cl)c3)ccc2C1O. The summed E-state index contributed by atoms with van der Waals surface area (Å²) in [5, 5.41) is 13.0. The second-order valence-corrected chi connectivity index (χ2v) is 5.78. The van der Waals surface area contributed by atoms with E-state index >= 15 is 0 Å². The Kier molecular flexibility index (Phi) is 3.22. The normalized spacial score (nSPS) is 17.2. The second-order valence-electron chi connectivity index (χ2n) is 4.20. The third kappa shape index (κ3) is 2.47. The molecule has 1 atom stereocenters. The summed E-state index contributed by atoms with van der Waals surface area (Å²) in [7, 11) is 0. The van der Waals surface area contributed by atoms with E-state index < -0.39 is 6.10 Å². The summed E-state index contributed by atoms with van der Waals surface area (Å²) < 4.78 is 0. The number of hydrogen-bond donors (Lipinski definition) is 2. The maximum atomic E-state index is 11.4. The van der Waals surface area contributed by atoms with Gasteiger partial charge >= 0.3 is 0 Å². The van der Waals surface area contributed by atoms with Crippen molar-refractivity contribution in [2.24, 2.45) is 0 Å². The summed E-state index contributed by atoms with van der Waals surface area (Å²) in [4.78, 5) is 13.4. The summed E-state index contributed by atoms with van der Waals surface area (Å²) in [6.07, 6.45) is -1.06. The quantitative estimate of drug-likeness (QED) is 0.890. The van der Waals surface area contributed by atoms with E-state index in [9.17, 15) is 9.90 Å². The van der Waals surface area contributed by atoms with Crippen LogP contribution in [0, 0.1) is 0 Å². The molecule has 2 aromatic rings. The van der Waals surface area contributed by atoms with E-state index in [-0.39, 0.29) is 5.91 Å². The van der Waals surface area contributed by atoms with E-state index in [2.05, 4.69) is 5.32 Å². The minimum absolute atomic E-state index is 0.375. The molecule has 3 nitrogen and oxygen atoms in total. The Labute approximate surface area is 119 Å². The standard InChI is InChI=1S/C14H10ClNO2S/c15-8-2-1-3-9(6-8)19-10-4-5-11-12(7-10)16-14(18)13(11)17/h1-7,13,17H,(H,16,18). The fraction of sp³-hybridized carbons (Fsp3) is 0.0714. The number of aliphatic hydroxyl groups is 1. The van der Waals surface area contributed by atoms with Gasteiger partial charge in [0.15, 0.2) is 6.10 Å². The van der Waals surface area contributed by atoms with Crippen molar-refractivity contribution in [3.05, 3.63) is 53.1 Å². The lowest BCUT2D eigenvalue weighted by atomic mass is 10.1. The molecule has 1 unspecified atom stereocenters. The number of hydrogen-bond acceptors (Lipinski definition) is 3. The number of benzene rings is 2. The first-order chi connectivity index (χ1) is 9.13. The van der Waals surface area contributed by atoms with Crippen molar-refractivity contribution in [2.75, 3.05) is 5.32 Å². The minimum atomic E-state index is -1.06. The third-order valence-electron chi connectivity index (χ3n) is 2.86. The van der Waals surface area contributed by atoms with Crippen LogP contribution in [0.2, 0.25) is 5.02 Å². The summed E-state index contributed by atoms with van der Waals surface area (Å²) in [6.45, 7) is 0. The Balaban J connectivity index is 1.88. The zero-order valence-electron chi connectivity index (χ0n) is 9.76. The molecule has 0 bridgehead atoms. The van der Waals surface area contributed by atoms with Crippen molar-refractivity contribution in [1.82, 2.24) is 0 Å². The molecule has 3 rings (SSSR count). The highest BCUT2D eigenvalue weighted by atomic mass is 35.5. The molecule has 0 radical (unpaired) electrons. The Bertz CT molecular complexity index is 660. The van der Waals surface area contributed by atoms with Crippen molar-refractivity contribution >= 4 is 35.0 Å². The molecule has 0 aromatic heterocycles. The van der Waals surface area contributed by atoms with Gasteiger partial charge in [0.1, 0.15) is 0 Å². The lowest BCUT2D eigenvalue weighted by Crippen LogP contribution is -2.10. The minimum Gasteiger partial charge on any atom is -0.378 e. The van der Waals surface area contributed by atoms with Gasteiger partial charge in [0, 0.05) is 26.1 Å². The Morgan fingerprint density at radius 1 is 1.16 bits per heavy atom. The number of anilines is 1. The number of carbonyl (C=O) groups excluding carboxylic acids is 1. The molecule has 0 spiro atoms.